The fraction of sp³-hybridized carbons (Fsp3) is 0.550. The molecule has 0 aromatic heterocycles. The third kappa shape index (κ3) is 4.79. The van der Waals surface area contributed by atoms with Crippen LogP contribution in [0.15, 0.2) is 24.3 Å². The van der Waals surface area contributed by atoms with Crippen molar-refractivity contribution in [2.45, 2.75) is 32.4 Å². The standard InChI is InChI=1S/C20H27N3O6/c1-20(2,3)29-18(26)22-10-8-21(9-11-22)17(25)14-4-6-15(7-5-14)23-16(12-24)13-28-19(23)27/h4-7,16,24H,8-13H2,1-3H3. The van der Waals surface area contributed by atoms with Crippen LogP contribution in [-0.2, 0) is 9.47 Å². The lowest BCUT2D eigenvalue weighted by Gasteiger charge is -2.35. The van der Waals surface area contributed by atoms with Gasteiger partial charge < -0.3 is 24.4 Å². The van der Waals surface area contributed by atoms with Crippen LogP contribution in [0.4, 0.5) is 15.3 Å². The van der Waals surface area contributed by atoms with Crippen molar-refractivity contribution in [2.75, 3.05) is 44.3 Å². The van der Waals surface area contributed by atoms with Crippen LogP contribution in [0.5, 0.6) is 0 Å². The number of nitrogens with zero attached hydrogens (tertiary/aromatic N) is 3. The molecule has 29 heavy (non-hydrogen) atoms. The zero-order chi connectivity index (χ0) is 21.2. The second-order valence-electron chi connectivity index (χ2n) is 8.09. The van der Waals surface area contributed by atoms with E-state index < -0.39 is 17.7 Å². The van der Waals surface area contributed by atoms with Gasteiger partial charge in [-0.2, -0.15) is 0 Å². The molecule has 0 bridgehead atoms. The summed E-state index contributed by atoms with van der Waals surface area (Å²) in [5, 5.41) is 9.38. The average Bonchev–Trinajstić information content (AvgIpc) is 3.07. The fourth-order valence-corrected chi connectivity index (χ4v) is 3.28. The smallest absolute Gasteiger partial charge is 0.414 e. The molecule has 158 valence electrons. The second-order valence-corrected chi connectivity index (χ2v) is 8.09. The van der Waals surface area contributed by atoms with Crippen LogP contribution in [0.1, 0.15) is 31.1 Å². The summed E-state index contributed by atoms with van der Waals surface area (Å²) in [5.74, 6) is -0.136. The van der Waals surface area contributed by atoms with Gasteiger partial charge in [0.2, 0.25) is 0 Å². The van der Waals surface area contributed by atoms with Gasteiger partial charge in [-0.25, -0.2) is 9.59 Å². The number of aliphatic hydroxyl groups is 1. The predicted molar refractivity (Wildman–Crippen MR) is 105 cm³/mol. The number of aliphatic hydroxyl groups excluding tert-OH is 1. The summed E-state index contributed by atoms with van der Waals surface area (Å²) in [6.07, 6.45) is -0.883. The minimum atomic E-state index is -0.553. The van der Waals surface area contributed by atoms with E-state index in [1.165, 1.54) is 4.90 Å². The summed E-state index contributed by atoms with van der Waals surface area (Å²) in [7, 11) is 0. The number of ether oxygens (including phenoxy) is 2. The Hall–Kier alpha value is -2.81. The summed E-state index contributed by atoms with van der Waals surface area (Å²) in [4.78, 5) is 41.4. The first-order chi connectivity index (χ1) is 13.7. The van der Waals surface area contributed by atoms with Gasteiger partial charge in [-0.1, -0.05) is 0 Å². The first-order valence-corrected chi connectivity index (χ1v) is 9.64. The monoisotopic (exact) mass is 405 g/mol. The number of carbonyl (C=O) groups is 3. The van der Waals surface area contributed by atoms with Crippen LogP contribution in [-0.4, -0.2) is 84.0 Å². The maximum absolute atomic E-state index is 12.8. The van der Waals surface area contributed by atoms with E-state index in [1.54, 1.807) is 34.1 Å². The van der Waals surface area contributed by atoms with Crippen molar-refractivity contribution in [1.29, 1.82) is 0 Å². The highest BCUT2D eigenvalue weighted by molar-refractivity contribution is 5.96. The van der Waals surface area contributed by atoms with Crippen LogP contribution in [0.25, 0.3) is 0 Å². The number of amides is 3. The summed E-state index contributed by atoms with van der Waals surface area (Å²) >= 11 is 0. The highest BCUT2D eigenvalue weighted by atomic mass is 16.6. The van der Waals surface area contributed by atoms with E-state index in [4.69, 9.17) is 9.47 Å². The third-order valence-corrected chi connectivity index (χ3v) is 4.78. The number of rotatable bonds is 3. The number of hydrogen-bond donors (Lipinski definition) is 1. The molecule has 2 heterocycles. The lowest BCUT2D eigenvalue weighted by Crippen LogP contribution is -2.51. The zero-order valence-corrected chi connectivity index (χ0v) is 17.0. The van der Waals surface area contributed by atoms with E-state index >= 15 is 0 Å². The van der Waals surface area contributed by atoms with Crippen LogP contribution in [0, 0.1) is 0 Å². The molecule has 0 radical (unpaired) electrons. The van der Waals surface area contributed by atoms with Crippen LogP contribution in [0.3, 0.4) is 0 Å². The number of carbonyl (C=O) groups excluding carboxylic acids is 3. The quantitative estimate of drug-likeness (QED) is 0.822. The van der Waals surface area contributed by atoms with Gasteiger partial charge in [0.1, 0.15) is 12.2 Å². The Morgan fingerprint density at radius 3 is 2.24 bits per heavy atom. The molecule has 0 spiro atoms. The highest BCUT2D eigenvalue weighted by Gasteiger charge is 2.34. The van der Waals surface area contributed by atoms with Crippen molar-refractivity contribution >= 4 is 23.8 Å². The minimum Gasteiger partial charge on any atom is -0.447 e. The molecule has 2 aliphatic heterocycles. The molecule has 1 N–H and O–H groups in total. The van der Waals surface area contributed by atoms with Gasteiger partial charge in [0, 0.05) is 37.4 Å². The molecule has 3 rings (SSSR count). The normalized spacial score (nSPS) is 19.9. The Morgan fingerprint density at radius 2 is 1.69 bits per heavy atom. The van der Waals surface area contributed by atoms with Gasteiger partial charge in [0.25, 0.3) is 5.91 Å². The molecule has 1 unspecified atom stereocenters. The largest absolute Gasteiger partial charge is 0.447 e. The molecule has 1 aromatic rings. The van der Waals surface area contributed by atoms with Crippen molar-refractivity contribution in [2.24, 2.45) is 0 Å². The van der Waals surface area contributed by atoms with Crippen molar-refractivity contribution in [3.8, 4) is 0 Å². The van der Waals surface area contributed by atoms with E-state index in [9.17, 15) is 19.5 Å². The van der Waals surface area contributed by atoms with E-state index in [-0.39, 0.29) is 25.2 Å². The molecule has 2 saturated heterocycles. The summed E-state index contributed by atoms with van der Waals surface area (Å²) in [5.41, 5.74) is 0.508. The lowest BCUT2D eigenvalue weighted by atomic mass is 10.1. The first-order valence-electron chi connectivity index (χ1n) is 9.64. The Bertz CT molecular complexity index is 765. The van der Waals surface area contributed by atoms with Crippen molar-refractivity contribution in [3.63, 3.8) is 0 Å². The molecule has 3 amide bonds. The van der Waals surface area contributed by atoms with Crippen LogP contribution >= 0.6 is 0 Å². The molecule has 2 aliphatic rings. The van der Waals surface area contributed by atoms with E-state index in [2.05, 4.69) is 0 Å². The SMILES string of the molecule is CC(C)(C)OC(=O)N1CCN(C(=O)c2ccc(N3C(=O)OCC3CO)cc2)CC1. The van der Waals surface area contributed by atoms with Crippen LogP contribution < -0.4 is 4.90 Å². The molecule has 0 aliphatic carbocycles. The first kappa shape index (κ1) is 20.9. The minimum absolute atomic E-state index is 0.136. The molecule has 1 aromatic carbocycles. The van der Waals surface area contributed by atoms with E-state index in [0.29, 0.717) is 37.4 Å². The third-order valence-electron chi connectivity index (χ3n) is 4.78. The summed E-state index contributed by atoms with van der Waals surface area (Å²) in [6.45, 7) is 7.06. The highest BCUT2D eigenvalue weighted by Crippen LogP contribution is 2.24. The maximum atomic E-state index is 12.8. The molecule has 0 saturated carbocycles. The van der Waals surface area contributed by atoms with Gasteiger partial charge in [0.05, 0.1) is 12.6 Å². The number of anilines is 1. The molecular weight excluding hydrogens is 378 g/mol. The van der Waals surface area contributed by atoms with Gasteiger partial charge in [-0.15, -0.1) is 0 Å². The number of piperazine rings is 1. The molecule has 1 atom stereocenters. The number of cyclic esters (lactones) is 1. The van der Waals surface area contributed by atoms with Gasteiger partial charge in [-0.3, -0.25) is 9.69 Å². The Labute approximate surface area is 169 Å². The molecule has 9 heteroatoms. The summed E-state index contributed by atoms with van der Waals surface area (Å²) < 4.78 is 10.3. The van der Waals surface area contributed by atoms with Crippen molar-refractivity contribution < 1.29 is 29.0 Å². The Balaban J connectivity index is 1.59. The predicted octanol–water partition coefficient (Wildman–Crippen LogP) is 1.70. The summed E-state index contributed by atoms with van der Waals surface area (Å²) in [6, 6.07) is 6.21. The topological polar surface area (TPSA) is 99.6 Å². The second kappa shape index (κ2) is 8.28. The van der Waals surface area contributed by atoms with E-state index in [0.717, 1.165) is 0 Å². The Kier molecular flexibility index (Phi) is 5.97. The number of hydrogen-bond acceptors (Lipinski definition) is 6. The fourth-order valence-electron chi connectivity index (χ4n) is 3.28. The van der Waals surface area contributed by atoms with Gasteiger partial charge >= 0.3 is 12.2 Å². The Morgan fingerprint density at radius 1 is 1.10 bits per heavy atom. The maximum Gasteiger partial charge on any atom is 0.414 e. The van der Waals surface area contributed by atoms with Gasteiger partial charge in [0.15, 0.2) is 0 Å². The van der Waals surface area contributed by atoms with Gasteiger partial charge in [-0.05, 0) is 45.0 Å². The average molecular weight is 405 g/mol. The molecule has 9 nitrogen and oxygen atoms in total. The lowest BCUT2D eigenvalue weighted by molar-refractivity contribution is 0.0141. The molecular formula is C20H27N3O6. The van der Waals surface area contributed by atoms with Crippen molar-refractivity contribution in [3.05, 3.63) is 29.8 Å². The van der Waals surface area contributed by atoms with Crippen LogP contribution in [0.2, 0.25) is 0 Å². The van der Waals surface area contributed by atoms with E-state index in [1.807, 2.05) is 20.8 Å². The molecule has 2 fully saturated rings. The zero-order valence-electron chi connectivity index (χ0n) is 17.0. The van der Waals surface area contributed by atoms with Crippen molar-refractivity contribution in [1.82, 2.24) is 9.80 Å². The number of benzene rings is 1.